The van der Waals surface area contributed by atoms with Crippen LogP contribution in [0.15, 0.2) is 30.3 Å². The molecule has 0 amide bonds. The van der Waals surface area contributed by atoms with E-state index in [2.05, 4.69) is 20.4 Å². The Hall–Kier alpha value is -2.68. The van der Waals surface area contributed by atoms with E-state index in [4.69, 9.17) is 5.26 Å². The molecule has 1 aliphatic rings. The molecule has 0 spiro atoms. The van der Waals surface area contributed by atoms with Crippen LogP contribution in [0.5, 0.6) is 0 Å². The van der Waals surface area contributed by atoms with Gasteiger partial charge in [0.05, 0.1) is 5.69 Å². The van der Waals surface area contributed by atoms with Gasteiger partial charge in [0.2, 0.25) is 0 Å². The van der Waals surface area contributed by atoms with Gasteiger partial charge >= 0.3 is 0 Å². The highest BCUT2D eigenvalue weighted by atomic mass is 19.1. The van der Waals surface area contributed by atoms with Gasteiger partial charge in [-0.3, -0.25) is 0 Å². The molecule has 2 aromatic rings. The van der Waals surface area contributed by atoms with E-state index < -0.39 is 0 Å². The highest BCUT2D eigenvalue weighted by molar-refractivity contribution is 5.61. The minimum atomic E-state index is -0.234. The molecular formula is C18H20FN5. The average molecular weight is 325 g/mol. The lowest BCUT2D eigenvalue weighted by Gasteiger charge is -2.27. The number of benzene rings is 1. The van der Waals surface area contributed by atoms with Gasteiger partial charge in [-0.2, -0.15) is 5.26 Å². The molecule has 0 saturated carbocycles. The Morgan fingerprint density at radius 2 is 1.75 bits per heavy atom. The number of nitriles is 1. The number of hydrogen-bond acceptors (Lipinski definition) is 5. The third-order valence-electron chi connectivity index (χ3n) is 4.20. The van der Waals surface area contributed by atoms with Gasteiger partial charge in [-0.05, 0) is 43.2 Å². The number of halogens is 1. The molecule has 1 aliphatic heterocycles. The topological polar surface area (TPSA) is 64.8 Å². The first-order valence-electron chi connectivity index (χ1n) is 8.31. The minimum Gasteiger partial charge on any atom is -0.369 e. The summed E-state index contributed by atoms with van der Waals surface area (Å²) in [5, 5.41) is 19.4. The predicted molar refractivity (Wildman–Crippen MR) is 91.7 cm³/mol. The Kier molecular flexibility index (Phi) is 5.22. The Morgan fingerprint density at radius 1 is 1.00 bits per heavy atom. The number of nitrogens with zero attached hydrogens (tertiary/aromatic N) is 4. The van der Waals surface area contributed by atoms with Gasteiger partial charge in [0.1, 0.15) is 11.9 Å². The molecule has 2 heterocycles. The molecule has 1 N–H and O–H groups in total. The summed E-state index contributed by atoms with van der Waals surface area (Å²) in [6.45, 7) is 1.82. The molecule has 1 saturated heterocycles. The van der Waals surface area contributed by atoms with Crippen LogP contribution in [0.4, 0.5) is 21.6 Å². The Morgan fingerprint density at radius 3 is 2.38 bits per heavy atom. The highest BCUT2D eigenvalue weighted by Crippen LogP contribution is 2.26. The third-order valence-corrected chi connectivity index (χ3v) is 4.20. The van der Waals surface area contributed by atoms with E-state index in [1.54, 1.807) is 12.1 Å². The number of rotatable bonds is 3. The second-order valence-corrected chi connectivity index (χ2v) is 5.96. The van der Waals surface area contributed by atoms with Gasteiger partial charge < -0.3 is 10.2 Å². The summed E-state index contributed by atoms with van der Waals surface area (Å²) >= 11 is 0. The molecule has 1 aromatic heterocycles. The lowest BCUT2D eigenvalue weighted by Crippen LogP contribution is -2.27. The summed E-state index contributed by atoms with van der Waals surface area (Å²) in [4.78, 5) is 2.14. The molecule has 5 nitrogen and oxygen atoms in total. The van der Waals surface area contributed by atoms with Crippen molar-refractivity contribution in [2.24, 2.45) is 0 Å². The molecule has 124 valence electrons. The van der Waals surface area contributed by atoms with Gasteiger partial charge in [-0.15, -0.1) is 10.2 Å². The molecule has 24 heavy (non-hydrogen) atoms. The molecule has 0 aliphatic carbocycles. The molecule has 0 bridgehead atoms. The van der Waals surface area contributed by atoms with Crippen LogP contribution in [0.25, 0.3) is 0 Å². The summed E-state index contributed by atoms with van der Waals surface area (Å²) in [5.41, 5.74) is 1.52. The fraction of sp³-hybridized carbons (Fsp3) is 0.389. The summed E-state index contributed by atoms with van der Waals surface area (Å²) in [7, 11) is 0. The van der Waals surface area contributed by atoms with Crippen molar-refractivity contribution in [2.75, 3.05) is 23.3 Å². The number of nitrogens with one attached hydrogen (secondary N) is 1. The van der Waals surface area contributed by atoms with Gasteiger partial charge in [0.25, 0.3) is 0 Å². The zero-order chi connectivity index (χ0) is 16.8. The minimum absolute atomic E-state index is 0.234. The number of hydrogen-bond donors (Lipinski definition) is 1. The predicted octanol–water partition coefficient (Wildman–Crippen LogP) is 4.00. The molecular weight excluding hydrogens is 305 g/mol. The maximum absolute atomic E-state index is 14.5. The standard InChI is InChI=1S/C18H20FN5/c19-16-12-14(21-18-9-7-15(13-20)22-23-18)6-8-17(16)24-10-4-2-1-3-5-11-24/h6-9,12H,1-5,10-11H2,(H,21,23). The van der Waals surface area contributed by atoms with Crippen LogP contribution in [-0.4, -0.2) is 23.3 Å². The second kappa shape index (κ2) is 7.73. The van der Waals surface area contributed by atoms with E-state index in [1.807, 2.05) is 18.2 Å². The van der Waals surface area contributed by atoms with E-state index in [1.165, 1.54) is 25.3 Å². The molecule has 3 rings (SSSR count). The summed E-state index contributed by atoms with van der Waals surface area (Å²) < 4.78 is 14.5. The van der Waals surface area contributed by atoms with Crippen molar-refractivity contribution in [1.82, 2.24) is 10.2 Å². The maximum atomic E-state index is 14.5. The van der Waals surface area contributed by atoms with Crippen molar-refractivity contribution in [2.45, 2.75) is 32.1 Å². The zero-order valence-corrected chi connectivity index (χ0v) is 13.5. The van der Waals surface area contributed by atoms with Crippen molar-refractivity contribution < 1.29 is 4.39 Å². The Bertz CT molecular complexity index is 715. The molecule has 1 fully saturated rings. The van der Waals surface area contributed by atoms with E-state index in [-0.39, 0.29) is 11.5 Å². The quantitative estimate of drug-likeness (QED) is 0.924. The summed E-state index contributed by atoms with van der Waals surface area (Å²) in [6.07, 6.45) is 5.94. The van der Waals surface area contributed by atoms with E-state index in [0.717, 1.165) is 25.9 Å². The van der Waals surface area contributed by atoms with Crippen LogP contribution in [0.3, 0.4) is 0 Å². The number of anilines is 3. The second-order valence-electron chi connectivity index (χ2n) is 5.96. The smallest absolute Gasteiger partial charge is 0.163 e. The molecule has 6 heteroatoms. The molecule has 0 radical (unpaired) electrons. The van der Waals surface area contributed by atoms with Crippen molar-refractivity contribution in [3.8, 4) is 6.07 Å². The van der Waals surface area contributed by atoms with Gasteiger partial charge in [-0.25, -0.2) is 4.39 Å². The zero-order valence-electron chi connectivity index (χ0n) is 13.5. The van der Waals surface area contributed by atoms with Crippen LogP contribution in [0, 0.1) is 17.1 Å². The first kappa shape index (κ1) is 16.2. The lowest BCUT2D eigenvalue weighted by atomic mass is 10.1. The fourth-order valence-electron chi connectivity index (χ4n) is 2.94. The Balaban J connectivity index is 1.72. The van der Waals surface area contributed by atoms with Gasteiger partial charge in [0, 0.05) is 18.8 Å². The lowest BCUT2D eigenvalue weighted by molar-refractivity contribution is 0.545. The number of aromatic nitrogens is 2. The molecule has 1 aromatic carbocycles. The summed E-state index contributed by atoms with van der Waals surface area (Å²) in [6, 6.07) is 10.3. The van der Waals surface area contributed by atoms with Crippen molar-refractivity contribution >= 4 is 17.2 Å². The van der Waals surface area contributed by atoms with E-state index in [9.17, 15) is 4.39 Å². The highest BCUT2D eigenvalue weighted by Gasteiger charge is 2.13. The fourth-order valence-corrected chi connectivity index (χ4v) is 2.94. The van der Waals surface area contributed by atoms with Gasteiger partial charge in [-0.1, -0.05) is 19.3 Å². The van der Waals surface area contributed by atoms with Gasteiger partial charge in [0.15, 0.2) is 11.5 Å². The van der Waals surface area contributed by atoms with Crippen molar-refractivity contribution in [3.05, 3.63) is 41.8 Å². The van der Waals surface area contributed by atoms with Crippen LogP contribution in [-0.2, 0) is 0 Å². The van der Waals surface area contributed by atoms with Crippen molar-refractivity contribution in [1.29, 1.82) is 5.26 Å². The molecule has 0 atom stereocenters. The first-order valence-corrected chi connectivity index (χ1v) is 8.31. The molecule has 0 unspecified atom stereocenters. The Labute approximate surface area is 141 Å². The van der Waals surface area contributed by atoms with Crippen LogP contribution in [0.2, 0.25) is 0 Å². The SMILES string of the molecule is N#Cc1ccc(Nc2ccc(N3CCCCCCC3)c(F)c2)nn1. The monoisotopic (exact) mass is 325 g/mol. The largest absolute Gasteiger partial charge is 0.369 e. The average Bonchev–Trinajstić information content (AvgIpc) is 2.56. The summed E-state index contributed by atoms with van der Waals surface area (Å²) in [5.74, 6) is 0.245. The third kappa shape index (κ3) is 3.99. The van der Waals surface area contributed by atoms with E-state index in [0.29, 0.717) is 17.2 Å². The normalized spacial score (nSPS) is 15.2. The maximum Gasteiger partial charge on any atom is 0.163 e. The van der Waals surface area contributed by atoms with E-state index >= 15 is 0 Å². The first-order chi connectivity index (χ1) is 11.8. The van der Waals surface area contributed by atoms with Crippen LogP contribution >= 0.6 is 0 Å². The van der Waals surface area contributed by atoms with Crippen LogP contribution in [0.1, 0.15) is 37.8 Å². The van der Waals surface area contributed by atoms with Crippen LogP contribution < -0.4 is 10.2 Å². The van der Waals surface area contributed by atoms with Crippen molar-refractivity contribution in [3.63, 3.8) is 0 Å².